The maximum atomic E-state index is 11.3. The summed E-state index contributed by atoms with van der Waals surface area (Å²) in [4.78, 5) is 24.0. The van der Waals surface area contributed by atoms with Gasteiger partial charge >= 0.3 is 5.69 Å². The van der Waals surface area contributed by atoms with Gasteiger partial charge in [0.2, 0.25) is 0 Å². The first-order valence-electron chi connectivity index (χ1n) is 5.84. The Morgan fingerprint density at radius 1 is 1.68 bits per heavy atom. The Kier molecular flexibility index (Phi) is 5.01. The van der Waals surface area contributed by atoms with E-state index < -0.39 is 4.92 Å². The van der Waals surface area contributed by atoms with Gasteiger partial charge in [-0.15, -0.1) is 11.3 Å². The van der Waals surface area contributed by atoms with Crippen LogP contribution >= 0.6 is 11.3 Å². The van der Waals surface area contributed by atoms with Crippen LogP contribution in [0.4, 0.5) is 10.7 Å². The Balaban J connectivity index is 3.18. The normalized spacial score (nSPS) is 11.7. The SMILES string of the molecule is CCN(C[C@@H](C)C#N)c1sc(C(C)=O)cc1[N+](=O)[O-]. The van der Waals surface area contributed by atoms with Crippen LogP contribution in [0, 0.1) is 27.4 Å². The van der Waals surface area contributed by atoms with E-state index in [4.69, 9.17) is 5.26 Å². The molecule has 0 aliphatic carbocycles. The first-order valence-corrected chi connectivity index (χ1v) is 6.66. The summed E-state index contributed by atoms with van der Waals surface area (Å²) in [7, 11) is 0. The zero-order valence-corrected chi connectivity index (χ0v) is 11.9. The van der Waals surface area contributed by atoms with E-state index in [1.807, 2.05) is 6.92 Å². The van der Waals surface area contributed by atoms with Crippen molar-refractivity contribution in [2.24, 2.45) is 5.92 Å². The Hall–Kier alpha value is -1.94. The van der Waals surface area contributed by atoms with Gasteiger partial charge in [-0.2, -0.15) is 5.26 Å². The average Bonchev–Trinajstić information content (AvgIpc) is 2.80. The summed E-state index contributed by atoms with van der Waals surface area (Å²) >= 11 is 1.11. The van der Waals surface area contributed by atoms with E-state index in [1.54, 1.807) is 11.8 Å². The number of ketones is 1. The highest BCUT2D eigenvalue weighted by atomic mass is 32.1. The molecular weight excluding hydrogens is 266 g/mol. The summed E-state index contributed by atoms with van der Waals surface area (Å²) in [6.45, 7) is 5.96. The minimum Gasteiger partial charge on any atom is -0.357 e. The van der Waals surface area contributed by atoms with Crippen molar-refractivity contribution in [1.82, 2.24) is 0 Å². The van der Waals surface area contributed by atoms with Crippen molar-refractivity contribution in [3.63, 3.8) is 0 Å². The molecule has 19 heavy (non-hydrogen) atoms. The number of carbonyl (C=O) groups is 1. The van der Waals surface area contributed by atoms with Crippen LogP contribution in [0.1, 0.15) is 30.4 Å². The molecule has 1 aromatic heterocycles. The van der Waals surface area contributed by atoms with Crippen LogP contribution in [-0.4, -0.2) is 23.8 Å². The van der Waals surface area contributed by atoms with Crippen LogP contribution in [-0.2, 0) is 0 Å². The van der Waals surface area contributed by atoms with Gasteiger partial charge in [0.05, 0.1) is 21.8 Å². The number of anilines is 1. The van der Waals surface area contributed by atoms with E-state index in [2.05, 4.69) is 6.07 Å². The monoisotopic (exact) mass is 281 g/mol. The molecule has 102 valence electrons. The van der Waals surface area contributed by atoms with E-state index in [1.165, 1.54) is 13.0 Å². The first kappa shape index (κ1) is 15.1. The Morgan fingerprint density at radius 2 is 2.32 bits per heavy atom. The third kappa shape index (κ3) is 3.51. The highest BCUT2D eigenvalue weighted by Gasteiger charge is 2.25. The zero-order chi connectivity index (χ0) is 14.6. The Bertz CT molecular complexity index is 533. The molecule has 0 fully saturated rings. The van der Waals surface area contributed by atoms with Crippen molar-refractivity contribution in [2.75, 3.05) is 18.0 Å². The lowest BCUT2D eigenvalue weighted by Gasteiger charge is -2.21. The number of hydrogen-bond acceptors (Lipinski definition) is 6. The molecule has 0 saturated heterocycles. The summed E-state index contributed by atoms with van der Waals surface area (Å²) in [5, 5.41) is 20.3. The minimum atomic E-state index is -0.488. The lowest BCUT2D eigenvalue weighted by Crippen LogP contribution is -2.27. The number of nitriles is 1. The lowest BCUT2D eigenvalue weighted by molar-refractivity contribution is -0.383. The predicted octanol–water partition coefficient (Wildman–Crippen LogP) is 2.84. The molecule has 1 rings (SSSR count). The van der Waals surface area contributed by atoms with Crippen molar-refractivity contribution in [3.05, 3.63) is 21.1 Å². The standard InChI is InChI=1S/C12H15N3O3S/c1-4-14(7-8(2)6-13)12-10(15(17)18)5-11(19-12)9(3)16/h5,8H,4,7H2,1-3H3/t8-/m0/s1. The topological polar surface area (TPSA) is 87.2 Å². The smallest absolute Gasteiger partial charge is 0.304 e. The van der Waals surface area contributed by atoms with Gasteiger partial charge < -0.3 is 4.90 Å². The third-order valence-corrected chi connectivity index (χ3v) is 3.91. The van der Waals surface area contributed by atoms with Gasteiger partial charge in [-0.3, -0.25) is 14.9 Å². The second-order valence-corrected chi connectivity index (χ2v) is 5.21. The molecule has 0 N–H and O–H groups in total. The molecule has 1 atom stereocenters. The fourth-order valence-corrected chi connectivity index (χ4v) is 2.72. The van der Waals surface area contributed by atoms with E-state index >= 15 is 0 Å². The van der Waals surface area contributed by atoms with Crippen LogP contribution in [0.2, 0.25) is 0 Å². The number of Topliss-reactive ketones (excluding diaryl/α,β-unsaturated/α-hetero) is 1. The molecule has 0 bridgehead atoms. The molecule has 0 spiro atoms. The molecule has 6 nitrogen and oxygen atoms in total. The molecular formula is C12H15N3O3S. The van der Waals surface area contributed by atoms with Gasteiger partial charge in [-0.25, -0.2) is 0 Å². The number of hydrogen-bond donors (Lipinski definition) is 0. The van der Waals surface area contributed by atoms with Gasteiger partial charge in [0, 0.05) is 19.2 Å². The molecule has 0 aromatic carbocycles. The van der Waals surface area contributed by atoms with Gasteiger partial charge in [-0.1, -0.05) is 0 Å². The molecule has 1 heterocycles. The second-order valence-electron chi connectivity index (χ2n) is 4.18. The molecule has 0 radical (unpaired) electrons. The van der Waals surface area contributed by atoms with Crippen LogP contribution in [0.5, 0.6) is 0 Å². The van der Waals surface area contributed by atoms with Gasteiger partial charge in [-0.05, 0) is 20.8 Å². The molecule has 1 aromatic rings. The van der Waals surface area contributed by atoms with Crippen molar-refractivity contribution in [1.29, 1.82) is 5.26 Å². The molecule has 0 aliphatic rings. The quantitative estimate of drug-likeness (QED) is 0.454. The maximum Gasteiger partial charge on any atom is 0.304 e. The van der Waals surface area contributed by atoms with Crippen molar-refractivity contribution >= 4 is 27.8 Å². The zero-order valence-electron chi connectivity index (χ0n) is 11.0. The fourth-order valence-electron chi connectivity index (χ4n) is 1.63. The maximum absolute atomic E-state index is 11.3. The molecule has 0 aliphatic heterocycles. The second kappa shape index (κ2) is 6.29. The molecule has 0 saturated carbocycles. The lowest BCUT2D eigenvalue weighted by atomic mass is 10.2. The number of carbonyl (C=O) groups excluding carboxylic acids is 1. The van der Waals surface area contributed by atoms with E-state index in [0.717, 1.165) is 11.3 Å². The number of rotatable bonds is 6. The average molecular weight is 281 g/mol. The van der Waals surface area contributed by atoms with E-state index in [-0.39, 0.29) is 17.4 Å². The van der Waals surface area contributed by atoms with Crippen molar-refractivity contribution < 1.29 is 9.72 Å². The fraction of sp³-hybridized carbons (Fsp3) is 0.500. The van der Waals surface area contributed by atoms with Crippen LogP contribution < -0.4 is 4.90 Å². The summed E-state index contributed by atoms with van der Waals surface area (Å²) in [5.41, 5.74) is -0.0674. The minimum absolute atomic E-state index is 0.0674. The van der Waals surface area contributed by atoms with E-state index in [0.29, 0.717) is 23.0 Å². The highest BCUT2D eigenvalue weighted by molar-refractivity contribution is 7.18. The summed E-state index contributed by atoms with van der Waals surface area (Å²) in [6, 6.07) is 3.41. The molecule has 0 amide bonds. The van der Waals surface area contributed by atoms with Gasteiger partial charge in [0.25, 0.3) is 0 Å². The highest BCUT2D eigenvalue weighted by Crippen LogP contribution is 2.38. The third-order valence-electron chi connectivity index (χ3n) is 2.62. The Morgan fingerprint density at radius 3 is 2.74 bits per heavy atom. The first-order chi connectivity index (χ1) is 8.90. The summed E-state index contributed by atoms with van der Waals surface area (Å²) in [6.07, 6.45) is 0. The molecule has 0 unspecified atom stereocenters. The van der Waals surface area contributed by atoms with Gasteiger partial charge in [0.15, 0.2) is 10.8 Å². The number of thiophene rings is 1. The number of nitro groups is 1. The van der Waals surface area contributed by atoms with Crippen LogP contribution in [0.3, 0.4) is 0 Å². The van der Waals surface area contributed by atoms with Gasteiger partial charge in [0.1, 0.15) is 0 Å². The summed E-state index contributed by atoms with van der Waals surface area (Å²) < 4.78 is 0. The largest absolute Gasteiger partial charge is 0.357 e. The summed E-state index contributed by atoms with van der Waals surface area (Å²) in [5.74, 6) is -0.425. The molecule has 7 heteroatoms. The van der Waals surface area contributed by atoms with Crippen LogP contribution in [0.15, 0.2) is 6.07 Å². The Labute approximate surface area is 115 Å². The van der Waals surface area contributed by atoms with Crippen LogP contribution in [0.25, 0.3) is 0 Å². The predicted molar refractivity (Wildman–Crippen MR) is 73.6 cm³/mol. The van der Waals surface area contributed by atoms with Crippen molar-refractivity contribution in [3.8, 4) is 6.07 Å². The van der Waals surface area contributed by atoms with Crippen molar-refractivity contribution in [2.45, 2.75) is 20.8 Å². The number of nitrogens with zero attached hydrogens (tertiary/aromatic N) is 3. The van der Waals surface area contributed by atoms with E-state index in [9.17, 15) is 14.9 Å².